The van der Waals surface area contributed by atoms with E-state index in [-0.39, 0.29) is 0 Å². The van der Waals surface area contributed by atoms with E-state index in [2.05, 4.69) is 10.2 Å². The van der Waals surface area contributed by atoms with Crippen LogP contribution in [0.25, 0.3) is 0 Å². The molecule has 6 heteroatoms. The van der Waals surface area contributed by atoms with Crippen LogP contribution in [-0.4, -0.2) is 36.2 Å². The number of esters is 2. The molecule has 0 rings (SSSR count). The maximum atomic E-state index is 11.8. The highest BCUT2D eigenvalue weighted by Crippen LogP contribution is 2.18. The predicted molar refractivity (Wildman–Crippen MR) is 75.5 cm³/mol. The van der Waals surface area contributed by atoms with Gasteiger partial charge in [-0.3, -0.25) is 0 Å². The van der Waals surface area contributed by atoms with Crippen LogP contribution < -0.4 is 0 Å². The minimum Gasteiger partial charge on any atom is -0.464 e. The predicted octanol–water partition coefficient (Wildman–Crippen LogP) is 2.90. The van der Waals surface area contributed by atoms with Crippen molar-refractivity contribution in [3.8, 4) is 0 Å². The van der Waals surface area contributed by atoms with E-state index in [0.717, 1.165) is 12.8 Å². The van der Waals surface area contributed by atoms with Gasteiger partial charge < -0.3 is 9.47 Å². The Bertz CT molecular complexity index is 328. The van der Waals surface area contributed by atoms with Gasteiger partial charge in [-0.05, 0) is 40.5 Å². The molecule has 0 aliphatic carbocycles. The quantitative estimate of drug-likeness (QED) is 0.507. The Morgan fingerprint density at radius 1 is 0.800 bits per heavy atom. The summed E-state index contributed by atoms with van der Waals surface area (Å²) in [7, 11) is 0. The molecule has 0 unspecified atom stereocenters. The summed E-state index contributed by atoms with van der Waals surface area (Å²) in [6.07, 6.45) is 1.49. The number of carbonyl (C=O) groups excluding carboxylic acids is 2. The summed E-state index contributed by atoms with van der Waals surface area (Å²) in [4.78, 5) is 23.6. The maximum Gasteiger partial charge on any atom is 0.335 e. The van der Waals surface area contributed by atoms with Crippen molar-refractivity contribution in [1.29, 1.82) is 0 Å². The Labute approximate surface area is 120 Å². The summed E-state index contributed by atoms with van der Waals surface area (Å²) in [5, 5.41) is 7.92. The molecule has 0 aromatic heterocycles. The van der Waals surface area contributed by atoms with E-state index in [0.29, 0.717) is 13.2 Å². The molecule has 20 heavy (non-hydrogen) atoms. The van der Waals surface area contributed by atoms with E-state index in [1.165, 1.54) is 0 Å². The Morgan fingerprint density at radius 3 is 1.35 bits per heavy atom. The maximum absolute atomic E-state index is 11.8. The van der Waals surface area contributed by atoms with Crippen molar-refractivity contribution in [2.45, 2.75) is 65.5 Å². The molecule has 0 saturated heterocycles. The zero-order valence-electron chi connectivity index (χ0n) is 13.4. The Morgan fingerprint density at radius 2 is 1.10 bits per heavy atom. The van der Waals surface area contributed by atoms with Crippen LogP contribution in [0.15, 0.2) is 10.2 Å². The topological polar surface area (TPSA) is 77.3 Å². The highest BCUT2D eigenvalue weighted by Gasteiger charge is 2.34. The zero-order chi connectivity index (χ0) is 15.8. The molecule has 0 atom stereocenters. The normalized spacial score (nSPS) is 12.5. The molecular weight excluding hydrogens is 260 g/mol. The molecule has 0 amide bonds. The van der Waals surface area contributed by atoms with Gasteiger partial charge in [-0.1, -0.05) is 13.8 Å². The van der Waals surface area contributed by atoms with Gasteiger partial charge in [0.15, 0.2) is 11.1 Å². The largest absolute Gasteiger partial charge is 0.464 e. The van der Waals surface area contributed by atoms with Crippen molar-refractivity contribution in [2.75, 3.05) is 13.2 Å². The van der Waals surface area contributed by atoms with Gasteiger partial charge >= 0.3 is 11.9 Å². The van der Waals surface area contributed by atoms with E-state index in [1.807, 2.05) is 13.8 Å². The molecule has 6 nitrogen and oxygen atoms in total. The van der Waals surface area contributed by atoms with Crippen LogP contribution in [0, 0.1) is 0 Å². The number of nitrogens with zero attached hydrogens (tertiary/aromatic N) is 2. The first-order chi connectivity index (χ1) is 9.17. The van der Waals surface area contributed by atoms with Gasteiger partial charge in [-0.25, -0.2) is 9.59 Å². The van der Waals surface area contributed by atoms with E-state index in [9.17, 15) is 9.59 Å². The summed E-state index contributed by atoms with van der Waals surface area (Å²) in [6, 6.07) is 0. The molecule has 0 aliphatic rings. The molecule has 0 aromatic carbocycles. The standard InChI is InChI=1S/C14H26N2O4/c1-7-9-19-11(17)13(3,4)15-16-14(5,6)12(18)20-10-8-2/h7-10H2,1-6H3. The summed E-state index contributed by atoms with van der Waals surface area (Å²) in [5.74, 6) is -0.915. The molecule has 0 N–H and O–H groups in total. The van der Waals surface area contributed by atoms with Crippen molar-refractivity contribution < 1.29 is 19.1 Å². The van der Waals surface area contributed by atoms with Crippen LogP contribution in [0.5, 0.6) is 0 Å². The van der Waals surface area contributed by atoms with Gasteiger partial charge in [0.1, 0.15) is 0 Å². The van der Waals surface area contributed by atoms with Gasteiger partial charge in [0, 0.05) is 0 Å². The lowest BCUT2D eigenvalue weighted by Gasteiger charge is -2.20. The first-order valence-electron chi connectivity index (χ1n) is 6.96. The average Bonchev–Trinajstić information content (AvgIpc) is 2.39. The molecular formula is C14H26N2O4. The highest BCUT2D eigenvalue weighted by atomic mass is 16.5. The summed E-state index contributed by atoms with van der Waals surface area (Å²) >= 11 is 0. The van der Waals surface area contributed by atoms with Crippen LogP contribution in [0.2, 0.25) is 0 Å². The van der Waals surface area contributed by atoms with Gasteiger partial charge in [-0.2, -0.15) is 10.2 Å². The van der Waals surface area contributed by atoms with Crippen LogP contribution in [-0.2, 0) is 19.1 Å². The van der Waals surface area contributed by atoms with Crippen LogP contribution >= 0.6 is 0 Å². The molecule has 0 saturated carbocycles. The first-order valence-corrected chi connectivity index (χ1v) is 6.96. The third kappa shape index (κ3) is 6.12. The summed E-state index contributed by atoms with van der Waals surface area (Å²) in [5.41, 5.74) is -2.23. The van der Waals surface area contributed by atoms with Crippen molar-refractivity contribution in [1.82, 2.24) is 0 Å². The van der Waals surface area contributed by atoms with Crippen molar-refractivity contribution in [3.63, 3.8) is 0 Å². The molecule has 0 aliphatic heterocycles. The Hall–Kier alpha value is -1.46. The number of ether oxygens (including phenoxy) is 2. The van der Waals surface area contributed by atoms with E-state index in [4.69, 9.17) is 9.47 Å². The van der Waals surface area contributed by atoms with E-state index >= 15 is 0 Å². The number of rotatable bonds is 8. The monoisotopic (exact) mass is 286 g/mol. The second-order valence-corrected chi connectivity index (χ2v) is 5.59. The van der Waals surface area contributed by atoms with Gasteiger partial charge in [0.05, 0.1) is 13.2 Å². The molecule has 0 radical (unpaired) electrons. The minimum absolute atomic E-state index is 0.347. The smallest absolute Gasteiger partial charge is 0.335 e. The average molecular weight is 286 g/mol. The lowest BCUT2D eigenvalue weighted by Crippen LogP contribution is -2.35. The Balaban J connectivity index is 4.72. The SMILES string of the molecule is CCCOC(=O)C(C)(C)N=NC(C)(C)C(=O)OCCC. The van der Waals surface area contributed by atoms with Crippen LogP contribution in [0.3, 0.4) is 0 Å². The van der Waals surface area contributed by atoms with Gasteiger partial charge in [0.25, 0.3) is 0 Å². The zero-order valence-corrected chi connectivity index (χ0v) is 13.4. The van der Waals surface area contributed by atoms with Crippen LogP contribution in [0.1, 0.15) is 54.4 Å². The van der Waals surface area contributed by atoms with Gasteiger partial charge in [0.2, 0.25) is 0 Å². The number of hydrogen-bond acceptors (Lipinski definition) is 6. The molecule has 0 fully saturated rings. The number of hydrogen-bond donors (Lipinski definition) is 0. The molecule has 0 aromatic rings. The molecule has 0 spiro atoms. The second kappa shape index (κ2) is 7.97. The second-order valence-electron chi connectivity index (χ2n) is 5.59. The fraction of sp³-hybridized carbons (Fsp3) is 0.857. The third-order valence-electron chi connectivity index (χ3n) is 2.42. The van der Waals surface area contributed by atoms with Crippen molar-refractivity contribution in [3.05, 3.63) is 0 Å². The van der Waals surface area contributed by atoms with Gasteiger partial charge in [-0.15, -0.1) is 0 Å². The summed E-state index contributed by atoms with van der Waals surface area (Å²) in [6.45, 7) is 10.9. The number of carbonyl (C=O) groups is 2. The summed E-state index contributed by atoms with van der Waals surface area (Å²) < 4.78 is 10.1. The van der Waals surface area contributed by atoms with E-state index < -0.39 is 23.0 Å². The number of azo groups is 1. The van der Waals surface area contributed by atoms with E-state index in [1.54, 1.807) is 27.7 Å². The third-order valence-corrected chi connectivity index (χ3v) is 2.42. The lowest BCUT2D eigenvalue weighted by atomic mass is 10.1. The van der Waals surface area contributed by atoms with Crippen molar-refractivity contribution >= 4 is 11.9 Å². The van der Waals surface area contributed by atoms with Crippen molar-refractivity contribution in [2.24, 2.45) is 10.2 Å². The fourth-order valence-electron chi connectivity index (χ4n) is 1.07. The Kier molecular flexibility index (Phi) is 7.39. The fourth-order valence-corrected chi connectivity index (χ4v) is 1.07. The van der Waals surface area contributed by atoms with Crippen LogP contribution in [0.4, 0.5) is 0 Å². The minimum atomic E-state index is -1.11. The first kappa shape index (κ1) is 18.5. The molecule has 0 bridgehead atoms. The lowest BCUT2D eigenvalue weighted by molar-refractivity contribution is -0.151. The molecule has 0 heterocycles. The highest BCUT2D eigenvalue weighted by molar-refractivity contribution is 5.81. The molecule has 116 valence electrons.